The smallest absolute Gasteiger partial charge is 0.345 e. The van der Waals surface area contributed by atoms with E-state index in [4.69, 9.17) is 32.7 Å². The molecule has 0 bridgehead atoms. The van der Waals surface area contributed by atoms with Gasteiger partial charge in [-0.25, -0.2) is 10.2 Å². The van der Waals surface area contributed by atoms with Gasteiger partial charge in [0.25, 0.3) is 5.91 Å². The summed E-state index contributed by atoms with van der Waals surface area (Å²) >= 11 is 19.7. The van der Waals surface area contributed by atoms with Crippen LogP contribution in [0.4, 0.5) is 0 Å². The molecule has 11 heteroatoms. The van der Waals surface area contributed by atoms with Crippen LogP contribution >= 0.6 is 55.1 Å². The Balaban J connectivity index is 1.48. The number of benzene rings is 4. The zero-order valence-electron chi connectivity index (χ0n) is 21.2. The van der Waals surface area contributed by atoms with Crippen molar-refractivity contribution >= 4 is 84.1 Å². The molecule has 4 aromatic carbocycles. The average Bonchev–Trinajstić information content (AvgIpc) is 3.36. The Morgan fingerprint density at radius 3 is 2.37 bits per heavy atom. The Morgan fingerprint density at radius 1 is 0.927 bits per heavy atom. The lowest BCUT2D eigenvalue weighted by molar-refractivity contribution is 0.0734. The van der Waals surface area contributed by atoms with E-state index in [9.17, 15) is 9.59 Å². The fourth-order valence-corrected chi connectivity index (χ4v) is 5.57. The minimum absolute atomic E-state index is 0.223. The topological polar surface area (TPSA) is 92.8 Å². The first-order valence-electron chi connectivity index (χ1n) is 12.0. The molecule has 0 atom stereocenters. The van der Waals surface area contributed by atoms with E-state index in [-0.39, 0.29) is 22.0 Å². The van der Waals surface area contributed by atoms with Crippen LogP contribution in [0.3, 0.4) is 0 Å². The molecule has 0 aliphatic rings. The summed E-state index contributed by atoms with van der Waals surface area (Å²) in [7, 11) is 1.55. The van der Waals surface area contributed by atoms with Crippen LogP contribution in [0.5, 0.6) is 11.5 Å². The van der Waals surface area contributed by atoms with E-state index < -0.39 is 11.9 Å². The second-order valence-electron chi connectivity index (χ2n) is 8.61. The van der Waals surface area contributed by atoms with Crippen LogP contribution in [0.15, 0.2) is 92.9 Å². The number of halogens is 4. The van der Waals surface area contributed by atoms with Gasteiger partial charge < -0.3 is 14.5 Å². The number of carbonyl (C=O) groups excluding carboxylic acids is 2. The van der Waals surface area contributed by atoms with Crippen molar-refractivity contribution in [2.75, 3.05) is 7.11 Å². The number of rotatable bonds is 7. The van der Waals surface area contributed by atoms with E-state index in [2.05, 4.69) is 47.4 Å². The summed E-state index contributed by atoms with van der Waals surface area (Å²) in [4.78, 5) is 29.4. The number of nitrogens with zero attached hydrogens (tertiary/aromatic N) is 1. The third-order valence-corrected chi connectivity index (χ3v) is 7.91. The summed E-state index contributed by atoms with van der Waals surface area (Å²) < 4.78 is 12.6. The number of methoxy groups -OCH3 is 1. The number of amides is 1. The van der Waals surface area contributed by atoms with Gasteiger partial charge in [0.15, 0.2) is 0 Å². The minimum atomic E-state index is -0.626. The second-order valence-corrected chi connectivity index (χ2v) is 11.2. The standard InChI is InChI=1S/C30H19Br2Cl2N3O4/c1-40-24-13-11-20(32)26-25(18-6-2-4-8-21(18)33)28(36-27(24)26)29(38)37-35-15-16-14-17(31)10-12-23(16)41-30(39)19-7-3-5-9-22(19)34/h2-15,36H,1H3,(H,37,38). The predicted octanol–water partition coefficient (Wildman–Crippen LogP) is 8.66. The molecule has 41 heavy (non-hydrogen) atoms. The van der Waals surface area contributed by atoms with E-state index in [1.807, 2.05) is 24.3 Å². The average molecular weight is 716 g/mol. The van der Waals surface area contributed by atoms with Crippen molar-refractivity contribution in [3.05, 3.63) is 115 Å². The van der Waals surface area contributed by atoms with E-state index >= 15 is 0 Å². The number of carbonyl (C=O) groups is 2. The number of esters is 1. The Labute approximate surface area is 261 Å². The van der Waals surface area contributed by atoms with Gasteiger partial charge in [0.1, 0.15) is 17.2 Å². The largest absolute Gasteiger partial charge is 0.495 e. The molecule has 1 heterocycles. The quantitative estimate of drug-likeness (QED) is 0.0764. The summed E-state index contributed by atoms with van der Waals surface area (Å²) in [6.45, 7) is 0. The molecular formula is C30H19Br2Cl2N3O4. The van der Waals surface area contributed by atoms with Gasteiger partial charge in [0, 0.05) is 36.0 Å². The number of fused-ring (bicyclic) bond motifs is 1. The zero-order chi connectivity index (χ0) is 29.1. The molecule has 0 fully saturated rings. The van der Waals surface area contributed by atoms with Crippen LogP contribution in [0, 0.1) is 0 Å². The van der Waals surface area contributed by atoms with E-state index in [0.717, 1.165) is 14.3 Å². The second kappa shape index (κ2) is 12.5. The van der Waals surface area contributed by atoms with Crippen LogP contribution < -0.4 is 14.9 Å². The first kappa shape index (κ1) is 28.9. The predicted molar refractivity (Wildman–Crippen MR) is 169 cm³/mol. The minimum Gasteiger partial charge on any atom is -0.495 e. The highest BCUT2D eigenvalue weighted by Crippen LogP contribution is 2.43. The molecule has 0 unspecified atom stereocenters. The zero-order valence-corrected chi connectivity index (χ0v) is 25.9. The maximum atomic E-state index is 13.5. The lowest BCUT2D eigenvalue weighted by atomic mass is 10.0. The molecule has 206 valence electrons. The Kier molecular flexibility index (Phi) is 8.79. The summed E-state index contributed by atoms with van der Waals surface area (Å²) in [5, 5.41) is 5.62. The van der Waals surface area contributed by atoms with E-state index in [0.29, 0.717) is 33.0 Å². The number of hydrogen-bond donors (Lipinski definition) is 2. The van der Waals surface area contributed by atoms with Crippen LogP contribution in [-0.2, 0) is 0 Å². The molecule has 0 spiro atoms. The molecule has 0 aliphatic heterocycles. The maximum absolute atomic E-state index is 13.5. The van der Waals surface area contributed by atoms with Crippen LogP contribution in [0.1, 0.15) is 26.4 Å². The van der Waals surface area contributed by atoms with Gasteiger partial charge in [-0.15, -0.1) is 0 Å². The van der Waals surface area contributed by atoms with Crippen LogP contribution in [0.2, 0.25) is 10.0 Å². The van der Waals surface area contributed by atoms with Gasteiger partial charge in [-0.3, -0.25) is 4.79 Å². The Hall–Kier alpha value is -3.63. The van der Waals surface area contributed by atoms with Crippen molar-refractivity contribution in [3.63, 3.8) is 0 Å². The summed E-state index contributed by atoms with van der Waals surface area (Å²) in [5.41, 5.74) is 5.31. The third-order valence-electron chi connectivity index (χ3n) is 6.09. The highest BCUT2D eigenvalue weighted by molar-refractivity contribution is 9.11. The number of H-pyrrole nitrogens is 1. The lowest BCUT2D eigenvalue weighted by Crippen LogP contribution is -2.19. The van der Waals surface area contributed by atoms with E-state index in [1.165, 1.54) is 6.21 Å². The van der Waals surface area contributed by atoms with Gasteiger partial charge >= 0.3 is 5.97 Å². The van der Waals surface area contributed by atoms with E-state index in [1.54, 1.807) is 61.7 Å². The molecular weight excluding hydrogens is 697 g/mol. The fraction of sp³-hybridized carbons (Fsp3) is 0.0333. The van der Waals surface area contributed by atoms with Gasteiger partial charge in [-0.1, -0.05) is 85.4 Å². The fourth-order valence-electron chi connectivity index (χ4n) is 4.22. The number of nitrogens with one attached hydrogen (secondary N) is 2. The molecule has 2 N–H and O–H groups in total. The number of ether oxygens (including phenoxy) is 2. The molecule has 5 rings (SSSR count). The molecule has 0 aliphatic carbocycles. The van der Waals surface area contributed by atoms with Crippen molar-refractivity contribution in [1.82, 2.24) is 10.4 Å². The molecule has 1 aromatic heterocycles. The molecule has 0 radical (unpaired) electrons. The molecule has 1 amide bonds. The molecule has 0 saturated carbocycles. The maximum Gasteiger partial charge on any atom is 0.345 e. The summed E-state index contributed by atoms with van der Waals surface area (Å²) in [6.07, 6.45) is 1.38. The number of hydrogen-bond acceptors (Lipinski definition) is 5. The highest BCUT2D eigenvalue weighted by Gasteiger charge is 2.24. The molecule has 7 nitrogen and oxygen atoms in total. The lowest BCUT2D eigenvalue weighted by Gasteiger charge is -2.09. The third kappa shape index (κ3) is 6.04. The van der Waals surface area contributed by atoms with Crippen molar-refractivity contribution in [1.29, 1.82) is 0 Å². The van der Waals surface area contributed by atoms with Gasteiger partial charge in [-0.05, 0) is 48.5 Å². The first-order chi connectivity index (χ1) is 19.8. The van der Waals surface area contributed by atoms with Crippen molar-refractivity contribution < 1.29 is 19.1 Å². The SMILES string of the molecule is COc1ccc(Br)c2c(-c3ccccc3Cl)c(C(=O)NN=Cc3cc(Br)ccc3OC(=O)c3ccccc3Cl)[nH]c12. The number of aromatic amines is 1. The first-order valence-corrected chi connectivity index (χ1v) is 14.4. The highest BCUT2D eigenvalue weighted by atomic mass is 79.9. The van der Waals surface area contributed by atoms with Crippen molar-refractivity contribution in [2.24, 2.45) is 5.10 Å². The number of aromatic nitrogens is 1. The van der Waals surface area contributed by atoms with Gasteiger partial charge in [0.05, 0.1) is 29.4 Å². The monoisotopic (exact) mass is 713 g/mol. The normalized spacial score (nSPS) is 11.1. The van der Waals surface area contributed by atoms with Crippen LogP contribution in [0.25, 0.3) is 22.0 Å². The number of hydrazone groups is 1. The molecule has 0 saturated heterocycles. The van der Waals surface area contributed by atoms with Crippen LogP contribution in [-0.4, -0.2) is 30.2 Å². The Morgan fingerprint density at radius 2 is 1.63 bits per heavy atom. The van der Waals surface area contributed by atoms with Crippen molar-refractivity contribution in [3.8, 4) is 22.6 Å². The van der Waals surface area contributed by atoms with Gasteiger partial charge in [0.2, 0.25) is 0 Å². The molecule has 5 aromatic rings. The summed E-state index contributed by atoms with van der Waals surface area (Å²) in [6, 6.07) is 22.5. The Bertz CT molecular complexity index is 1840. The van der Waals surface area contributed by atoms with Gasteiger partial charge in [-0.2, -0.15) is 5.10 Å². The van der Waals surface area contributed by atoms with Crippen molar-refractivity contribution in [2.45, 2.75) is 0 Å². The summed E-state index contributed by atoms with van der Waals surface area (Å²) in [5.74, 6) is -0.366.